The van der Waals surface area contributed by atoms with Crippen molar-refractivity contribution in [3.05, 3.63) is 30.2 Å². The van der Waals surface area contributed by atoms with Crippen LogP contribution < -0.4 is 5.32 Å². The van der Waals surface area contributed by atoms with Gasteiger partial charge in [0.05, 0.1) is 6.26 Å². The summed E-state index contributed by atoms with van der Waals surface area (Å²) >= 11 is 0. The Balaban J connectivity index is 1.52. The molecule has 1 saturated heterocycles. The molecule has 0 unspecified atom stereocenters. The van der Waals surface area contributed by atoms with Crippen molar-refractivity contribution in [2.75, 3.05) is 19.6 Å². The number of nitrogens with zero attached hydrogens (tertiary/aromatic N) is 2. The molecule has 2 amide bonds. The number of carbonyl (C=O) groups excluding carboxylic acids is 2. The molecule has 2 N–H and O–H groups in total. The maximum absolute atomic E-state index is 12.6. The number of hydrogen-bond donors (Lipinski definition) is 2. The molecule has 0 aliphatic carbocycles. The highest BCUT2D eigenvalue weighted by molar-refractivity contribution is 5.93. The van der Waals surface area contributed by atoms with Gasteiger partial charge in [0.15, 0.2) is 11.5 Å². The smallest absolute Gasteiger partial charge is 0.274 e. The Bertz CT molecular complexity index is 700. The number of carbonyl (C=O) groups is 2. The van der Waals surface area contributed by atoms with Crippen LogP contribution in [0.25, 0.3) is 11.5 Å². The van der Waals surface area contributed by atoms with Crippen LogP contribution in [0.3, 0.4) is 0 Å². The summed E-state index contributed by atoms with van der Waals surface area (Å²) in [5.41, 5.74) is 1.05. The van der Waals surface area contributed by atoms with Gasteiger partial charge >= 0.3 is 0 Å². The minimum atomic E-state index is -0.112. The van der Waals surface area contributed by atoms with Crippen LogP contribution in [0, 0.1) is 5.92 Å². The summed E-state index contributed by atoms with van der Waals surface area (Å²) < 4.78 is 5.30. The molecule has 7 nitrogen and oxygen atoms in total. The summed E-state index contributed by atoms with van der Waals surface area (Å²) in [6.45, 7) is 3.99. The van der Waals surface area contributed by atoms with E-state index < -0.39 is 0 Å². The van der Waals surface area contributed by atoms with Crippen LogP contribution in [0.1, 0.15) is 43.1 Å². The van der Waals surface area contributed by atoms with Gasteiger partial charge in [-0.3, -0.25) is 14.7 Å². The molecule has 1 fully saturated rings. The average molecular weight is 344 g/mol. The Kier molecular flexibility index (Phi) is 5.53. The molecule has 0 atom stereocenters. The number of unbranched alkanes of at least 4 members (excludes halogenated alkanes) is 1. The van der Waals surface area contributed by atoms with Crippen LogP contribution >= 0.6 is 0 Å². The van der Waals surface area contributed by atoms with Crippen LogP contribution in [-0.4, -0.2) is 46.5 Å². The van der Waals surface area contributed by atoms with E-state index in [0.717, 1.165) is 19.4 Å². The Morgan fingerprint density at radius 2 is 2.20 bits per heavy atom. The SMILES string of the molecule is CCCCNC(=O)C1CCN(C(=O)c2cc(-c3ccco3)[nH]n2)CC1. The van der Waals surface area contributed by atoms with Crippen molar-refractivity contribution >= 4 is 11.8 Å². The van der Waals surface area contributed by atoms with E-state index in [1.165, 1.54) is 0 Å². The fraction of sp³-hybridized carbons (Fsp3) is 0.500. The zero-order chi connectivity index (χ0) is 17.6. The van der Waals surface area contributed by atoms with Crippen molar-refractivity contribution in [3.8, 4) is 11.5 Å². The molecule has 7 heteroatoms. The van der Waals surface area contributed by atoms with Gasteiger partial charge < -0.3 is 14.6 Å². The third-order valence-electron chi connectivity index (χ3n) is 4.57. The fourth-order valence-electron chi connectivity index (χ4n) is 3.03. The molecular formula is C18H24N4O3. The lowest BCUT2D eigenvalue weighted by molar-refractivity contribution is -0.126. The average Bonchev–Trinajstić information content (AvgIpc) is 3.32. The standard InChI is InChI=1S/C18H24N4O3/c1-2-3-8-19-17(23)13-6-9-22(10-7-13)18(24)15-12-14(20-21-15)16-5-4-11-25-16/h4-5,11-13H,2-3,6-10H2,1H3,(H,19,23)(H,20,21). The molecule has 1 aliphatic heterocycles. The number of aromatic nitrogens is 2. The van der Waals surface area contributed by atoms with Gasteiger partial charge in [-0.15, -0.1) is 0 Å². The molecule has 1 aliphatic rings. The molecule has 3 heterocycles. The molecule has 0 radical (unpaired) electrons. The number of piperidine rings is 1. The molecule has 0 spiro atoms. The summed E-state index contributed by atoms with van der Waals surface area (Å²) in [5.74, 6) is 0.645. The number of aromatic amines is 1. The van der Waals surface area contributed by atoms with E-state index in [-0.39, 0.29) is 17.7 Å². The van der Waals surface area contributed by atoms with Crippen LogP contribution in [0.4, 0.5) is 0 Å². The summed E-state index contributed by atoms with van der Waals surface area (Å²) in [5, 5.41) is 9.90. The second kappa shape index (κ2) is 8.00. The first-order valence-corrected chi connectivity index (χ1v) is 8.85. The van der Waals surface area contributed by atoms with Crippen molar-refractivity contribution < 1.29 is 14.0 Å². The fourth-order valence-corrected chi connectivity index (χ4v) is 3.03. The van der Waals surface area contributed by atoms with E-state index in [0.29, 0.717) is 43.1 Å². The van der Waals surface area contributed by atoms with Gasteiger partial charge in [0.25, 0.3) is 5.91 Å². The Morgan fingerprint density at radius 1 is 1.40 bits per heavy atom. The zero-order valence-electron chi connectivity index (χ0n) is 14.5. The second-order valence-electron chi connectivity index (χ2n) is 6.36. The van der Waals surface area contributed by atoms with Gasteiger partial charge in [-0.05, 0) is 31.4 Å². The van der Waals surface area contributed by atoms with E-state index in [4.69, 9.17) is 4.42 Å². The highest BCUT2D eigenvalue weighted by atomic mass is 16.3. The van der Waals surface area contributed by atoms with Crippen molar-refractivity contribution in [1.29, 1.82) is 0 Å². The van der Waals surface area contributed by atoms with Gasteiger partial charge in [0.1, 0.15) is 5.69 Å². The summed E-state index contributed by atoms with van der Waals surface area (Å²) in [7, 11) is 0. The lowest BCUT2D eigenvalue weighted by Crippen LogP contribution is -2.43. The van der Waals surface area contributed by atoms with Crippen LogP contribution in [0.15, 0.2) is 28.9 Å². The maximum atomic E-state index is 12.6. The molecule has 0 aromatic carbocycles. The molecule has 0 bridgehead atoms. The predicted molar refractivity (Wildman–Crippen MR) is 92.8 cm³/mol. The lowest BCUT2D eigenvalue weighted by atomic mass is 9.95. The highest BCUT2D eigenvalue weighted by Crippen LogP contribution is 2.21. The van der Waals surface area contributed by atoms with Crippen LogP contribution in [0.2, 0.25) is 0 Å². The molecule has 0 saturated carbocycles. The molecule has 25 heavy (non-hydrogen) atoms. The van der Waals surface area contributed by atoms with Crippen LogP contribution in [0.5, 0.6) is 0 Å². The largest absolute Gasteiger partial charge is 0.463 e. The normalized spacial score (nSPS) is 15.3. The number of furan rings is 1. The molecule has 3 rings (SSSR count). The van der Waals surface area contributed by atoms with Crippen molar-refractivity contribution in [1.82, 2.24) is 20.4 Å². The van der Waals surface area contributed by atoms with E-state index in [9.17, 15) is 9.59 Å². The first-order valence-electron chi connectivity index (χ1n) is 8.85. The van der Waals surface area contributed by atoms with Crippen LogP contribution in [-0.2, 0) is 4.79 Å². The Labute approximate surface area is 146 Å². The highest BCUT2D eigenvalue weighted by Gasteiger charge is 2.28. The number of hydrogen-bond acceptors (Lipinski definition) is 4. The van der Waals surface area contributed by atoms with E-state index in [2.05, 4.69) is 22.4 Å². The number of nitrogens with one attached hydrogen (secondary N) is 2. The van der Waals surface area contributed by atoms with Gasteiger partial charge in [0.2, 0.25) is 5.91 Å². The monoisotopic (exact) mass is 344 g/mol. The summed E-state index contributed by atoms with van der Waals surface area (Å²) in [4.78, 5) is 26.5. The number of H-pyrrole nitrogens is 1. The number of rotatable bonds is 6. The van der Waals surface area contributed by atoms with Crippen molar-refractivity contribution in [2.45, 2.75) is 32.6 Å². The molecule has 2 aromatic rings. The van der Waals surface area contributed by atoms with Gasteiger partial charge in [-0.1, -0.05) is 13.3 Å². The first-order chi connectivity index (χ1) is 12.2. The maximum Gasteiger partial charge on any atom is 0.274 e. The Hall–Kier alpha value is -2.57. The summed E-state index contributed by atoms with van der Waals surface area (Å²) in [6.07, 6.45) is 5.03. The minimum absolute atomic E-state index is 0.00114. The van der Waals surface area contributed by atoms with Gasteiger partial charge in [-0.2, -0.15) is 5.10 Å². The van der Waals surface area contributed by atoms with E-state index >= 15 is 0 Å². The van der Waals surface area contributed by atoms with Gasteiger partial charge in [0, 0.05) is 31.6 Å². The predicted octanol–water partition coefficient (Wildman–Crippen LogP) is 2.44. The number of amides is 2. The van der Waals surface area contributed by atoms with Crippen molar-refractivity contribution in [3.63, 3.8) is 0 Å². The topological polar surface area (TPSA) is 91.2 Å². The van der Waals surface area contributed by atoms with Crippen molar-refractivity contribution in [2.24, 2.45) is 5.92 Å². The minimum Gasteiger partial charge on any atom is -0.463 e. The molecule has 134 valence electrons. The molecule has 2 aromatic heterocycles. The third kappa shape index (κ3) is 4.10. The molecular weight excluding hydrogens is 320 g/mol. The second-order valence-corrected chi connectivity index (χ2v) is 6.36. The van der Waals surface area contributed by atoms with E-state index in [1.807, 2.05) is 6.07 Å². The quantitative estimate of drug-likeness (QED) is 0.788. The zero-order valence-corrected chi connectivity index (χ0v) is 14.5. The summed E-state index contributed by atoms with van der Waals surface area (Å²) in [6, 6.07) is 5.29. The number of likely N-dealkylation sites (tertiary alicyclic amines) is 1. The van der Waals surface area contributed by atoms with E-state index in [1.54, 1.807) is 23.3 Å². The lowest BCUT2D eigenvalue weighted by Gasteiger charge is -2.30. The Morgan fingerprint density at radius 3 is 2.88 bits per heavy atom. The first kappa shape index (κ1) is 17.3. The third-order valence-corrected chi connectivity index (χ3v) is 4.57. The van der Waals surface area contributed by atoms with Gasteiger partial charge in [-0.25, -0.2) is 0 Å².